The van der Waals surface area contributed by atoms with Crippen molar-refractivity contribution < 1.29 is 4.79 Å². The Hall–Kier alpha value is -2.09. The summed E-state index contributed by atoms with van der Waals surface area (Å²) in [5.41, 5.74) is 1.56. The molecule has 1 amide bonds. The number of nitrogens with zero attached hydrogens (tertiary/aromatic N) is 3. The molecule has 4 heterocycles. The monoisotopic (exact) mass is 397 g/mol. The van der Waals surface area contributed by atoms with Gasteiger partial charge in [0.15, 0.2) is 0 Å². The number of fused-ring (bicyclic) bond motifs is 1. The van der Waals surface area contributed by atoms with E-state index < -0.39 is 0 Å². The van der Waals surface area contributed by atoms with Gasteiger partial charge in [-0.15, -0.1) is 34.0 Å². The maximum atomic E-state index is 13.1. The van der Waals surface area contributed by atoms with E-state index in [1.54, 1.807) is 22.7 Å². The minimum atomic E-state index is 0.0193. The Balaban J connectivity index is 1.44. The third-order valence-electron chi connectivity index (χ3n) is 4.56. The van der Waals surface area contributed by atoms with Crippen molar-refractivity contribution >= 4 is 50.1 Å². The molecule has 0 N–H and O–H groups in total. The molecule has 0 bridgehead atoms. The van der Waals surface area contributed by atoms with Gasteiger partial charge in [-0.05, 0) is 36.4 Å². The van der Waals surface area contributed by atoms with Gasteiger partial charge in [0.25, 0.3) is 5.91 Å². The fraction of sp³-hybridized carbons (Fsp3) is 0.211. The molecular weight excluding hydrogens is 382 g/mol. The lowest BCUT2D eigenvalue weighted by Crippen LogP contribution is -2.30. The van der Waals surface area contributed by atoms with Crippen LogP contribution in [0.5, 0.6) is 0 Å². The van der Waals surface area contributed by atoms with Crippen molar-refractivity contribution in [3.63, 3.8) is 0 Å². The zero-order valence-corrected chi connectivity index (χ0v) is 16.2. The van der Waals surface area contributed by atoms with Crippen molar-refractivity contribution in [3.8, 4) is 9.88 Å². The zero-order chi connectivity index (χ0) is 17.5. The number of carbonyl (C=O) groups excluding carboxylic acids is 1. The Morgan fingerprint density at radius 1 is 1.12 bits per heavy atom. The van der Waals surface area contributed by atoms with E-state index in [0.29, 0.717) is 5.69 Å². The van der Waals surface area contributed by atoms with E-state index in [0.717, 1.165) is 39.8 Å². The highest BCUT2D eigenvalue weighted by Gasteiger charge is 2.33. The SMILES string of the molecule is O=C(c1csc(-c2cccs2)n1)N1CCCC1c1nc2ccccc2s1. The van der Waals surface area contributed by atoms with Crippen molar-refractivity contribution in [2.75, 3.05) is 6.54 Å². The Labute approximate surface area is 162 Å². The first kappa shape index (κ1) is 16.1. The molecule has 3 aromatic heterocycles. The van der Waals surface area contributed by atoms with E-state index in [-0.39, 0.29) is 11.9 Å². The van der Waals surface area contributed by atoms with Crippen molar-refractivity contribution in [1.82, 2.24) is 14.9 Å². The van der Waals surface area contributed by atoms with E-state index in [2.05, 4.69) is 11.1 Å². The average molecular weight is 398 g/mol. The van der Waals surface area contributed by atoms with E-state index in [1.807, 2.05) is 46.0 Å². The van der Waals surface area contributed by atoms with Crippen LogP contribution in [0.3, 0.4) is 0 Å². The lowest BCUT2D eigenvalue weighted by molar-refractivity contribution is 0.0730. The molecule has 7 heteroatoms. The summed E-state index contributed by atoms with van der Waals surface area (Å²) in [6.45, 7) is 0.769. The zero-order valence-electron chi connectivity index (χ0n) is 13.8. The standard InChI is InChI=1S/C19H15N3OS3/c23-19(13-11-25-18(21-13)16-8-4-10-24-16)22-9-3-6-14(22)17-20-12-5-1-2-7-15(12)26-17/h1-2,4-5,7-8,10-11,14H,3,6,9H2. The molecule has 1 aliphatic heterocycles. The number of aromatic nitrogens is 2. The average Bonchev–Trinajstić information content (AvgIpc) is 3.47. The van der Waals surface area contributed by atoms with E-state index in [9.17, 15) is 4.79 Å². The third-order valence-corrected chi connectivity index (χ3v) is 7.58. The van der Waals surface area contributed by atoms with Crippen molar-refractivity contribution in [2.24, 2.45) is 0 Å². The predicted octanol–water partition coefficient (Wildman–Crippen LogP) is 5.46. The predicted molar refractivity (Wildman–Crippen MR) is 108 cm³/mol. The van der Waals surface area contributed by atoms with Gasteiger partial charge in [-0.3, -0.25) is 4.79 Å². The fourth-order valence-electron chi connectivity index (χ4n) is 3.33. The van der Waals surface area contributed by atoms with Crippen LogP contribution < -0.4 is 0 Å². The molecule has 4 aromatic rings. The van der Waals surface area contributed by atoms with Crippen LogP contribution in [0.15, 0.2) is 47.2 Å². The third kappa shape index (κ3) is 2.76. The molecular formula is C19H15N3OS3. The number of rotatable bonds is 3. The summed E-state index contributed by atoms with van der Waals surface area (Å²) in [5, 5.41) is 5.86. The molecule has 0 saturated carbocycles. The number of para-hydroxylation sites is 1. The smallest absolute Gasteiger partial charge is 0.273 e. The second-order valence-corrected chi connectivity index (χ2v) is 9.06. The molecule has 5 rings (SSSR count). The summed E-state index contributed by atoms with van der Waals surface area (Å²) in [4.78, 5) is 25.5. The molecule has 0 radical (unpaired) electrons. The van der Waals surface area contributed by atoms with Crippen LogP contribution in [0.25, 0.3) is 20.1 Å². The quantitative estimate of drug-likeness (QED) is 0.461. The molecule has 130 valence electrons. The largest absolute Gasteiger partial charge is 0.328 e. The molecule has 0 aliphatic carbocycles. The van der Waals surface area contributed by atoms with Crippen molar-refractivity contribution in [2.45, 2.75) is 18.9 Å². The summed E-state index contributed by atoms with van der Waals surface area (Å²) in [6.07, 6.45) is 1.97. The van der Waals surface area contributed by atoms with E-state index in [1.165, 1.54) is 16.0 Å². The van der Waals surface area contributed by atoms with Crippen LogP contribution in [0.4, 0.5) is 0 Å². The number of hydrogen-bond donors (Lipinski definition) is 0. The van der Waals surface area contributed by atoms with Crippen molar-refractivity contribution in [1.29, 1.82) is 0 Å². The number of amides is 1. The van der Waals surface area contributed by atoms with Crippen LogP contribution in [0.2, 0.25) is 0 Å². The molecule has 1 atom stereocenters. The van der Waals surface area contributed by atoms with Crippen LogP contribution in [-0.2, 0) is 0 Å². The molecule has 0 spiro atoms. The fourth-order valence-corrected chi connectivity index (χ4v) is 6.05. The van der Waals surface area contributed by atoms with Gasteiger partial charge in [0.1, 0.15) is 15.7 Å². The number of hydrogen-bond acceptors (Lipinski definition) is 6. The molecule has 1 saturated heterocycles. The van der Waals surface area contributed by atoms with Gasteiger partial charge < -0.3 is 4.90 Å². The Morgan fingerprint density at radius 2 is 2.04 bits per heavy atom. The first-order valence-electron chi connectivity index (χ1n) is 8.45. The van der Waals surface area contributed by atoms with Crippen LogP contribution in [-0.4, -0.2) is 27.3 Å². The van der Waals surface area contributed by atoms with Gasteiger partial charge in [-0.1, -0.05) is 18.2 Å². The first-order chi connectivity index (χ1) is 12.8. The second-order valence-electron chi connectivity index (χ2n) is 6.19. The number of thiophene rings is 1. The summed E-state index contributed by atoms with van der Waals surface area (Å²) in [7, 11) is 0. The minimum Gasteiger partial charge on any atom is -0.328 e. The lowest BCUT2D eigenvalue weighted by Gasteiger charge is -2.22. The second kappa shape index (κ2) is 6.57. The van der Waals surface area contributed by atoms with E-state index in [4.69, 9.17) is 4.98 Å². The lowest BCUT2D eigenvalue weighted by atomic mass is 10.2. The van der Waals surface area contributed by atoms with Gasteiger partial charge in [0.05, 0.1) is 21.1 Å². The number of thiazole rings is 2. The number of likely N-dealkylation sites (tertiary alicyclic amines) is 1. The van der Waals surface area contributed by atoms with Gasteiger partial charge in [-0.2, -0.15) is 0 Å². The summed E-state index contributed by atoms with van der Waals surface area (Å²) < 4.78 is 1.18. The molecule has 1 fully saturated rings. The van der Waals surface area contributed by atoms with Crippen LogP contribution >= 0.6 is 34.0 Å². The molecule has 26 heavy (non-hydrogen) atoms. The highest BCUT2D eigenvalue weighted by molar-refractivity contribution is 7.20. The Morgan fingerprint density at radius 3 is 2.88 bits per heavy atom. The maximum absolute atomic E-state index is 13.1. The Bertz CT molecular complexity index is 1030. The maximum Gasteiger partial charge on any atom is 0.273 e. The molecule has 4 nitrogen and oxygen atoms in total. The van der Waals surface area contributed by atoms with Gasteiger partial charge in [0, 0.05) is 11.9 Å². The van der Waals surface area contributed by atoms with Gasteiger partial charge in [-0.25, -0.2) is 9.97 Å². The van der Waals surface area contributed by atoms with Crippen molar-refractivity contribution in [3.05, 3.63) is 57.9 Å². The topological polar surface area (TPSA) is 46.1 Å². The molecule has 1 unspecified atom stereocenters. The van der Waals surface area contributed by atoms with Crippen LogP contribution in [0.1, 0.15) is 34.4 Å². The Kier molecular flexibility index (Phi) is 4.07. The van der Waals surface area contributed by atoms with Gasteiger partial charge in [0.2, 0.25) is 0 Å². The number of carbonyl (C=O) groups is 1. The number of benzene rings is 1. The van der Waals surface area contributed by atoms with Crippen LogP contribution in [0, 0.1) is 0 Å². The summed E-state index contributed by atoms with van der Waals surface area (Å²) >= 11 is 4.87. The van der Waals surface area contributed by atoms with E-state index >= 15 is 0 Å². The first-order valence-corrected chi connectivity index (χ1v) is 11.0. The van der Waals surface area contributed by atoms with Gasteiger partial charge >= 0.3 is 0 Å². The summed E-state index contributed by atoms with van der Waals surface area (Å²) in [6, 6.07) is 12.3. The summed E-state index contributed by atoms with van der Waals surface area (Å²) in [5.74, 6) is 0.0193. The highest BCUT2D eigenvalue weighted by Crippen LogP contribution is 2.37. The normalized spacial score (nSPS) is 17.2. The highest BCUT2D eigenvalue weighted by atomic mass is 32.1. The minimum absolute atomic E-state index is 0.0193. The molecule has 1 aromatic carbocycles. The molecule has 1 aliphatic rings.